The average Bonchev–Trinajstić information content (AvgIpc) is 2.65. The zero-order valence-corrected chi connectivity index (χ0v) is 18.4. The number of nitrogens with one attached hydrogen (secondary N) is 2. The van der Waals surface area contributed by atoms with E-state index in [1.807, 2.05) is 13.2 Å². The van der Waals surface area contributed by atoms with Gasteiger partial charge in [-0.1, -0.05) is 17.7 Å². The zero-order chi connectivity index (χ0) is 21.2. The number of esters is 1. The maximum atomic E-state index is 12.6. The Kier molecular flexibility index (Phi) is 10.5. The third-order valence-corrected chi connectivity index (χ3v) is 6.11. The number of thioether (sulfide) groups is 1. The number of carbonyl (C=O) groups is 2. The van der Waals surface area contributed by atoms with Gasteiger partial charge >= 0.3 is 5.97 Å². The van der Waals surface area contributed by atoms with Gasteiger partial charge in [0.1, 0.15) is 6.04 Å². The second-order valence-corrected chi connectivity index (χ2v) is 9.07. The molecule has 0 spiro atoms. The number of methoxy groups -OCH3 is 1. The molecular weight excluding hydrogens is 402 g/mol. The number of amides is 1. The van der Waals surface area contributed by atoms with Gasteiger partial charge in [0, 0.05) is 13.1 Å². The molecule has 0 aromatic heterocycles. The molecule has 0 saturated carbocycles. The first-order valence-corrected chi connectivity index (χ1v) is 11.7. The lowest BCUT2D eigenvalue weighted by atomic mass is 10.2. The Morgan fingerprint density at radius 2 is 1.89 bits per heavy atom. The van der Waals surface area contributed by atoms with Gasteiger partial charge in [-0.3, -0.25) is 14.5 Å². The molecule has 10 heteroatoms. The minimum atomic E-state index is -3.80. The van der Waals surface area contributed by atoms with E-state index >= 15 is 0 Å². The summed E-state index contributed by atoms with van der Waals surface area (Å²) in [6, 6.07) is 5.58. The summed E-state index contributed by atoms with van der Waals surface area (Å²) in [4.78, 5) is 25.6. The van der Waals surface area contributed by atoms with Crippen molar-refractivity contribution in [1.29, 1.82) is 0 Å². The van der Waals surface area contributed by atoms with Crippen LogP contribution in [0.15, 0.2) is 29.2 Å². The number of hydrogen-bond donors (Lipinski definition) is 2. The normalized spacial score (nSPS) is 12.6. The first-order chi connectivity index (χ1) is 13.2. The van der Waals surface area contributed by atoms with Gasteiger partial charge in [-0.2, -0.15) is 16.5 Å². The van der Waals surface area contributed by atoms with Crippen molar-refractivity contribution in [2.45, 2.75) is 24.3 Å². The van der Waals surface area contributed by atoms with Gasteiger partial charge in [0.15, 0.2) is 0 Å². The number of aryl methyl sites for hydroxylation is 1. The fraction of sp³-hybridized carbons (Fsp3) is 0.556. The molecule has 0 unspecified atom stereocenters. The average molecular weight is 432 g/mol. The van der Waals surface area contributed by atoms with E-state index in [0.717, 1.165) is 5.56 Å². The van der Waals surface area contributed by atoms with Crippen LogP contribution in [-0.2, 0) is 24.3 Å². The van der Waals surface area contributed by atoms with Crippen LogP contribution in [0.5, 0.6) is 0 Å². The lowest BCUT2D eigenvalue weighted by Gasteiger charge is -2.20. The fourth-order valence-electron chi connectivity index (χ4n) is 2.31. The third-order valence-electron chi connectivity index (χ3n) is 3.98. The van der Waals surface area contributed by atoms with Crippen LogP contribution in [0.2, 0.25) is 0 Å². The molecule has 1 atom stereocenters. The summed E-state index contributed by atoms with van der Waals surface area (Å²) in [7, 11) is -0.760. The Balaban J connectivity index is 2.69. The van der Waals surface area contributed by atoms with Gasteiger partial charge in [-0.15, -0.1) is 0 Å². The largest absolute Gasteiger partial charge is 0.468 e. The van der Waals surface area contributed by atoms with E-state index in [-0.39, 0.29) is 24.0 Å². The highest BCUT2D eigenvalue weighted by molar-refractivity contribution is 7.98. The van der Waals surface area contributed by atoms with Crippen molar-refractivity contribution in [3.8, 4) is 0 Å². The maximum Gasteiger partial charge on any atom is 0.319 e. The van der Waals surface area contributed by atoms with Crippen molar-refractivity contribution >= 4 is 33.7 Å². The molecule has 8 nitrogen and oxygen atoms in total. The number of likely N-dealkylation sites (N-methyl/N-ethyl adjacent to an activating group) is 1. The van der Waals surface area contributed by atoms with E-state index in [4.69, 9.17) is 0 Å². The summed E-state index contributed by atoms with van der Waals surface area (Å²) in [5, 5.41) is 2.73. The van der Waals surface area contributed by atoms with Crippen LogP contribution in [0, 0.1) is 6.92 Å². The van der Waals surface area contributed by atoms with Crippen molar-refractivity contribution < 1.29 is 22.7 Å². The lowest BCUT2D eigenvalue weighted by Crippen LogP contribution is -2.48. The first-order valence-electron chi connectivity index (χ1n) is 8.80. The second-order valence-electron chi connectivity index (χ2n) is 6.37. The molecule has 28 heavy (non-hydrogen) atoms. The molecule has 0 radical (unpaired) electrons. The number of ether oxygens (including phenoxy) is 1. The lowest BCUT2D eigenvalue weighted by molar-refractivity contribution is -0.141. The summed E-state index contributed by atoms with van der Waals surface area (Å²) in [5.41, 5.74) is 0.951. The number of hydrogen-bond acceptors (Lipinski definition) is 7. The number of sulfonamides is 1. The molecule has 0 fully saturated rings. The maximum absolute atomic E-state index is 12.6. The summed E-state index contributed by atoms with van der Waals surface area (Å²) in [6.45, 7) is 2.70. The quantitative estimate of drug-likeness (QED) is 0.467. The highest BCUT2D eigenvalue weighted by Gasteiger charge is 2.25. The highest BCUT2D eigenvalue weighted by Crippen LogP contribution is 2.12. The zero-order valence-electron chi connectivity index (χ0n) is 16.7. The standard InChI is InChI=1S/C18H29N3O5S2/c1-14-5-7-15(8-6-14)28(24,25)20-16(9-12-27-4)18(23)19-10-11-21(2)13-17(22)26-3/h5-8,16,20H,9-13H2,1-4H3,(H,19,23)/t16-/m0/s1. The number of carbonyl (C=O) groups excluding carboxylic acids is 2. The molecule has 1 aromatic rings. The van der Waals surface area contributed by atoms with Gasteiger partial charge < -0.3 is 10.1 Å². The molecule has 0 saturated heterocycles. The first kappa shape index (κ1) is 24.4. The molecular formula is C18H29N3O5S2. The van der Waals surface area contributed by atoms with Crippen LogP contribution in [0.1, 0.15) is 12.0 Å². The van der Waals surface area contributed by atoms with Gasteiger partial charge in [-0.05, 0) is 44.5 Å². The molecule has 158 valence electrons. The Morgan fingerprint density at radius 1 is 1.25 bits per heavy atom. The molecule has 0 aliphatic rings. The number of benzene rings is 1. The molecule has 0 heterocycles. The molecule has 1 rings (SSSR count). The second kappa shape index (κ2) is 12.1. The van der Waals surface area contributed by atoms with E-state index in [1.165, 1.54) is 31.0 Å². The van der Waals surface area contributed by atoms with Crippen LogP contribution in [-0.4, -0.2) is 77.0 Å². The van der Waals surface area contributed by atoms with Gasteiger partial charge in [0.25, 0.3) is 0 Å². The molecule has 1 aromatic carbocycles. The van der Waals surface area contributed by atoms with Crippen LogP contribution in [0.25, 0.3) is 0 Å². The van der Waals surface area contributed by atoms with Crippen molar-refractivity contribution in [2.75, 3.05) is 45.8 Å². The van der Waals surface area contributed by atoms with Crippen LogP contribution < -0.4 is 10.0 Å². The van der Waals surface area contributed by atoms with Crippen LogP contribution in [0.3, 0.4) is 0 Å². The van der Waals surface area contributed by atoms with Crippen molar-refractivity contribution in [1.82, 2.24) is 14.9 Å². The van der Waals surface area contributed by atoms with Crippen LogP contribution in [0.4, 0.5) is 0 Å². The van der Waals surface area contributed by atoms with E-state index in [1.54, 1.807) is 24.1 Å². The number of nitrogens with zero attached hydrogens (tertiary/aromatic N) is 1. The smallest absolute Gasteiger partial charge is 0.319 e. The predicted molar refractivity (Wildman–Crippen MR) is 111 cm³/mol. The van der Waals surface area contributed by atoms with Crippen molar-refractivity contribution in [3.63, 3.8) is 0 Å². The minimum Gasteiger partial charge on any atom is -0.468 e. The summed E-state index contributed by atoms with van der Waals surface area (Å²) in [6.07, 6.45) is 2.27. The highest BCUT2D eigenvalue weighted by atomic mass is 32.2. The van der Waals surface area contributed by atoms with Crippen molar-refractivity contribution in [3.05, 3.63) is 29.8 Å². The van der Waals surface area contributed by atoms with E-state index in [2.05, 4.69) is 14.8 Å². The fourth-order valence-corrected chi connectivity index (χ4v) is 4.01. The van der Waals surface area contributed by atoms with E-state index in [0.29, 0.717) is 18.7 Å². The minimum absolute atomic E-state index is 0.113. The molecule has 0 aliphatic heterocycles. The summed E-state index contributed by atoms with van der Waals surface area (Å²) < 4.78 is 32.3. The van der Waals surface area contributed by atoms with E-state index < -0.39 is 22.0 Å². The third kappa shape index (κ3) is 8.59. The Bertz CT molecular complexity index is 738. The number of rotatable bonds is 12. The van der Waals surface area contributed by atoms with Crippen molar-refractivity contribution in [2.24, 2.45) is 0 Å². The topological polar surface area (TPSA) is 105 Å². The van der Waals surface area contributed by atoms with Gasteiger partial charge in [-0.25, -0.2) is 8.42 Å². The van der Waals surface area contributed by atoms with E-state index in [9.17, 15) is 18.0 Å². The SMILES string of the molecule is COC(=O)CN(C)CCNC(=O)[C@H](CCSC)NS(=O)(=O)c1ccc(C)cc1. The molecule has 0 bridgehead atoms. The Labute approximate surface area is 171 Å². The Morgan fingerprint density at radius 3 is 2.46 bits per heavy atom. The monoisotopic (exact) mass is 431 g/mol. The summed E-state index contributed by atoms with van der Waals surface area (Å²) >= 11 is 1.53. The Hall–Kier alpha value is -1.62. The predicted octanol–water partition coefficient (Wildman–Crippen LogP) is 0.616. The van der Waals surface area contributed by atoms with Crippen LogP contribution >= 0.6 is 11.8 Å². The molecule has 0 aliphatic carbocycles. The van der Waals surface area contributed by atoms with Gasteiger partial charge in [0.2, 0.25) is 15.9 Å². The molecule has 2 N–H and O–H groups in total. The summed E-state index contributed by atoms with van der Waals surface area (Å²) in [5.74, 6) is -0.120. The molecule has 1 amide bonds. The van der Waals surface area contributed by atoms with Gasteiger partial charge in [0.05, 0.1) is 18.6 Å².